The number of hydrogen-bond donors (Lipinski definition) is 1. The van der Waals surface area contributed by atoms with Crippen molar-refractivity contribution < 1.29 is 4.74 Å². The molecule has 0 saturated heterocycles. The zero-order valence-electron chi connectivity index (χ0n) is 10.1. The van der Waals surface area contributed by atoms with Gasteiger partial charge in [-0.1, -0.05) is 11.6 Å². The van der Waals surface area contributed by atoms with E-state index in [0.29, 0.717) is 16.7 Å². The van der Waals surface area contributed by atoms with E-state index in [4.69, 9.17) is 22.1 Å². The fraction of sp³-hybridized carbons (Fsp3) is 0.0769. The molecule has 0 aliphatic heterocycles. The van der Waals surface area contributed by atoms with Gasteiger partial charge < -0.3 is 10.5 Å². The molecule has 0 aliphatic rings. The average Bonchev–Trinajstić information content (AvgIpc) is 2.86. The first-order valence-electron chi connectivity index (χ1n) is 5.53. The lowest BCUT2D eigenvalue weighted by Crippen LogP contribution is -1.97. The van der Waals surface area contributed by atoms with Crippen LogP contribution in [0.25, 0.3) is 21.6 Å². The van der Waals surface area contributed by atoms with Crippen molar-refractivity contribution in [1.29, 1.82) is 0 Å². The van der Waals surface area contributed by atoms with Gasteiger partial charge in [-0.25, -0.2) is 9.97 Å². The zero-order chi connectivity index (χ0) is 13.4. The van der Waals surface area contributed by atoms with Gasteiger partial charge in [-0.15, -0.1) is 11.3 Å². The molecule has 2 aromatic heterocycles. The molecule has 0 saturated carbocycles. The summed E-state index contributed by atoms with van der Waals surface area (Å²) >= 11 is 7.49. The summed E-state index contributed by atoms with van der Waals surface area (Å²) in [5.41, 5.74) is 6.70. The van der Waals surface area contributed by atoms with Crippen LogP contribution >= 0.6 is 22.9 Å². The van der Waals surface area contributed by atoms with Gasteiger partial charge in [0.15, 0.2) is 5.82 Å². The van der Waals surface area contributed by atoms with Crippen molar-refractivity contribution >= 4 is 39.7 Å². The first kappa shape index (κ1) is 12.2. The molecule has 0 atom stereocenters. The fourth-order valence-electron chi connectivity index (χ4n) is 1.85. The number of anilines is 1. The second kappa shape index (κ2) is 4.68. The van der Waals surface area contributed by atoms with Crippen molar-refractivity contribution in [3.63, 3.8) is 0 Å². The Morgan fingerprint density at radius 2 is 2.11 bits per heavy atom. The topological polar surface area (TPSA) is 61.0 Å². The summed E-state index contributed by atoms with van der Waals surface area (Å²) in [6.45, 7) is 0. The smallest absolute Gasteiger partial charge is 0.176 e. The van der Waals surface area contributed by atoms with Crippen LogP contribution in [0.5, 0.6) is 5.75 Å². The van der Waals surface area contributed by atoms with Gasteiger partial charge in [-0.2, -0.15) is 0 Å². The van der Waals surface area contributed by atoms with Gasteiger partial charge in [-0.3, -0.25) is 0 Å². The fourth-order valence-corrected chi connectivity index (χ4v) is 2.81. The van der Waals surface area contributed by atoms with Crippen LogP contribution in [0.4, 0.5) is 5.82 Å². The van der Waals surface area contributed by atoms with Gasteiger partial charge in [0.2, 0.25) is 0 Å². The van der Waals surface area contributed by atoms with Crippen LogP contribution in [0.15, 0.2) is 29.6 Å². The minimum Gasteiger partial charge on any atom is -0.495 e. The Morgan fingerprint density at radius 1 is 1.26 bits per heavy atom. The molecular weight excluding hydrogens is 282 g/mol. The highest BCUT2D eigenvalue weighted by Gasteiger charge is 2.13. The van der Waals surface area contributed by atoms with Crippen molar-refractivity contribution in [1.82, 2.24) is 9.97 Å². The number of hydrogen-bond acceptors (Lipinski definition) is 5. The molecule has 0 bridgehead atoms. The molecule has 2 heterocycles. The molecule has 0 unspecified atom stereocenters. The van der Waals surface area contributed by atoms with Crippen LogP contribution in [-0.4, -0.2) is 17.1 Å². The van der Waals surface area contributed by atoms with Crippen molar-refractivity contribution in [3.8, 4) is 16.5 Å². The summed E-state index contributed by atoms with van der Waals surface area (Å²) in [5, 5.41) is 3.34. The van der Waals surface area contributed by atoms with E-state index in [-0.39, 0.29) is 0 Å². The summed E-state index contributed by atoms with van der Waals surface area (Å²) in [4.78, 5) is 9.70. The van der Waals surface area contributed by atoms with E-state index in [9.17, 15) is 0 Å². The molecule has 6 heteroatoms. The molecular formula is C13H10ClN3OS. The maximum absolute atomic E-state index is 5.98. The van der Waals surface area contributed by atoms with E-state index in [1.54, 1.807) is 19.2 Å². The minimum absolute atomic E-state index is 0.437. The molecule has 96 valence electrons. The Bertz CT molecular complexity index is 757. The van der Waals surface area contributed by atoms with Gasteiger partial charge in [0, 0.05) is 10.4 Å². The normalized spacial score (nSPS) is 10.8. The third-order valence-electron chi connectivity index (χ3n) is 2.74. The van der Waals surface area contributed by atoms with Crippen LogP contribution in [0, 0.1) is 0 Å². The lowest BCUT2D eigenvalue weighted by Gasteiger charge is -2.06. The molecule has 0 amide bonds. The van der Waals surface area contributed by atoms with E-state index >= 15 is 0 Å². The van der Waals surface area contributed by atoms with Crippen LogP contribution in [-0.2, 0) is 0 Å². The number of ether oxygens (including phenoxy) is 1. The predicted octanol–water partition coefficient (Wildman–Crippen LogP) is 3.60. The monoisotopic (exact) mass is 291 g/mol. The predicted molar refractivity (Wildman–Crippen MR) is 78.8 cm³/mol. The second-order valence-electron chi connectivity index (χ2n) is 3.91. The SMILES string of the molecule is COc1ccsc1-c1nc(N)c2ccc(Cl)cc2n1. The van der Waals surface area contributed by atoms with Gasteiger partial charge >= 0.3 is 0 Å². The van der Waals surface area contributed by atoms with Crippen LogP contribution < -0.4 is 10.5 Å². The highest BCUT2D eigenvalue weighted by Crippen LogP contribution is 2.35. The summed E-state index contributed by atoms with van der Waals surface area (Å²) in [6.07, 6.45) is 0. The molecule has 2 N–H and O–H groups in total. The number of benzene rings is 1. The van der Waals surface area contributed by atoms with E-state index < -0.39 is 0 Å². The summed E-state index contributed by atoms with van der Waals surface area (Å²) in [7, 11) is 1.62. The zero-order valence-corrected chi connectivity index (χ0v) is 11.6. The van der Waals surface area contributed by atoms with Crippen LogP contribution in [0.3, 0.4) is 0 Å². The number of nitrogen functional groups attached to an aromatic ring is 1. The molecule has 19 heavy (non-hydrogen) atoms. The summed E-state index contributed by atoms with van der Waals surface area (Å²) in [5.74, 6) is 1.73. The Kier molecular flexibility index (Phi) is 3.00. The van der Waals surface area contributed by atoms with E-state index in [1.807, 2.05) is 17.5 Å². The first-order valence-corrected chi connectivity index (χ1v) is 6.79. The van der Waals surface area contributed by atoms with Crippen LogP contribution in [0.2, 0.25) is 5.02 Å². The maximum atomic E-state index is 5.98. The number of aromatic nitrogens is 2. The van der Waals surface area contributed by atoms with E-state index in [1.165, 1.54) is 11.3 Å². The average molecular weight is 292 g/mol. The number of rotatable bonds is 2. The van der Waals surface area contributed by atoms with Crippen molar-refractivity contribution in [2.24, 2.45) is 0 Å². The molecule has 0 spiro atoms. The summed E-state index contributed by atoms with van der Waals surface area (Å²) < 4.78 is 5.28. The third kappa shape index (κ3) is 2.11. The highest BCUT2D eigenvalue weighted by molar-refractivity contribution is 7.13. The largest absolute Gasteiger partial charge is 0.495 e. The Labute approximate surface area is 118 Å². The molecule has 3 rings (SSSR count). The maximum Gasteiger partial charge on any atom is 0.176 e. The number of thiophene rings is 1. The van der Waals surface area contributed by atoms with Crippen molar-refractivity contribution in [2.75, 3.05) is 12.8 Å². The lowest BCUT2D eigenvalue weighted by molar-refractivity contribution is 0.418. The second-order valence-corrected chi connectivity index (χ2v) is 5.26. The van der Waals surface area contributed by atoms with Gasteiger partial charge in [0.25, 0.3) is 0 Å². The number of methoxy groups -OCH3 is 1. The number of fused-ring (bicyclic) bond motifs is 1. The quantitative estimate of drug-likeness (QED) is 0.783. The number of halogens is 1. The van der Waals surface area contributed by atoms with Gasteiger partial charge in [-0.05, 0) is 29.6 Å². The first-order chi connectivity index (χ1) is 9.19. The highest BCUT2D eigenvalue weighted by atomic mass is 35.5. The van der Waals surface area contributed by atoms with Crippen molar-refractivity contribution in [2.45, 2.75) is 0 Å². The summed E-state index contributed by atoms with van der Waals surface area (Å²) in [6, 6.07) is 7.25. The molecule has 1 aromatic carbocycles. The minimum atomic E-state index is 0.437. The van der Waals surface area contributed by atoms with E-state index in [2.05, 4.69) is 9.97 Å². The molecule has 0 radical (unpaired) electrons. The molecule has 0 fully saturated rings. The Morgan fingerprint density at radius 3 is 2.89 bits per heavy atom. The van der Waals surface area contributed by atoms with Gasteiger partial charge in [0.1, 0.15) is 16.4 Å². The number of nitrogens with two attached hydrogens (primary N) is 1. The number of nitrogens with zero attached hydrogens (tertiary/aromatic N) is 2. The lowest BCUT2D eigenvalue weighted by atomic mass is 10.2. The third-order valence-corrected chi connectivity index (χ3v) is 3.87. The van der Waals surface area contributed by atoms with Crippen LogP contribution in [0.1, 0.15) is 0 Å². The van der Waals surface area contributed by atoms with Gasteiger partial charge in [0.05, 0.1) is 12.6 Å². The van der Waals surface area contributed by atoms with E-state index in [0.717, 1.165) is 21.5 Å². The Hall–Kier alpha value is -1.85. The standard InChI is InChI=1S/C13H10ClN3OS/c1-18-10-4-5-19-11(10)13-16-9-6-7(14)2-3-8(9)12(15)17-13/h2-6H,1H3,(H2,15,16,17). The molecule has 4 nitrogen and oxygen atoms in total. The van der Waals surface area contributed by atoms with Crippen molar-refractivity contribution in [3.05, 3.63) is 34.7 Å². The molecule has 3 aromatic rings. The Balaban J connectivity index is 2.25. The molecule has 0 aliphatic carbocycles.